The Bertz CT molecular complexity index is 1170. The predicted octanol–water partition coefficient (Wildman–Crippen LogP) is 5.48. The molecule has 2 aromatic carbocycles. The summed E-state index contributed by atoms with van der Waals surface area (Å²) in [6.45, 7) is 4.40. The molecule has 0 aliphatic carbocycles. The molecule has 0 aliphatic rings. The summed E-state index contributed by atoms with van der Waals surface area (Å²) in [5, 5.41) is 9.14. The lowest BCUT2D eigenvalue weighted by atomic mass is 10.0. The average Bonchev–Trinajstić information content (AvgIpc) is 3.19. The molecule has 0 unspecified atom stereocenters. The number of H-pyrrole nitrogens is 1. The first-order valence-corrected chi connectivity index (χ1v) is 12.0. The quantitative estimate of drug-likeness (QED) is 0.384. The Hall–Kier alpha value is -2.16. The third-order valence-corrected chi connectivity index (χ3v) is 7.66. The van der Waals surface area contributed by atoms with Gasteiger partial charge in [-0.1, -0.05) is 85.1 Å². The zero-order valence-corrected chi connectivity index (χ0v) is 18.5. The van der Waals surface area contributed by atoms with Crippen LogP contribution in [-0.2, 0) is 11.5 Å². The summed E-state index contributed by atoms with van der Waals surface area (Å²) < 4.78 is 1.82. The number of thioether (sulfide) groups is 2. The van der Waals surface area contributed by atoms with E-state index in [2.05, 4.69) is 58.3 Å². The standard InChI is InChI=1S/C21H20N4OS3/c1-13(2)15-9-7-14(8-10-15)11-27-20-24-25-21(29-20)28-12-18-22-17-6-4-3-5-16(17)19(26)23-18/h3-10,13H,11-12H2,1-2H3,(H,22,23,26). The maximum absolute atomic E-state index is 12.2. The van der Waals surface area contributed by atoms with Gasteiger partial charge in [-0.05, 0) is 29.2 Å². The van der Waals surface area contributed by atoms with E-state index < -0.39 is 0 Å². The maximum atomic E-state index is 12.2. The van der Waals surface area contributed by atoms with E-state index in [-0.39, 0.29) is 5.56 Å². The summed E-state index contributed by atoms with van der Waals surface area (Å²) in [5.41, 5.74) is 3.24. The van der Waals surface area contributed by atoms with E-state index in [1.807, 2.05) is 18.2 Å². The fourth-order valence-corrected chi connectivity index (χ4v) is 5.64. The van der Waals surface area contributed by atoms with Crippen molar-refractivity contribution in [2.45, 2.75) is 40.0 Å². The van der Waals surface area contributed by atoms with Crippen molar-refractivity contribution < 1.29 is 0 Å². The van der Waals surface area contributed by atoms with E-state index in [1.54, 1.807) is 29.2 Å². The van der Waals surface area contributed by atoms with Crippen molar-refractivity contribution in [3.8, 4) is 0 Å². The van der Waals surface area contributed by atoms with Crippen molar-refractivity contribution in [1.29, 1.82) is 0 Å². The Morgan fingerprint density at radius 2 is 1.66 bits per heavy atom. The molecule has 8 heteroatoms. The summed E-state index contributed by atoms with van der Waals surface area (Å²) in [4.78, 5) is 19.5. The summed E-state index contributed by atoms with van der Waals surface area (Å²) in [7, 11) is 0. The van der Waals surface area contributed by atoms with E-state index in [4.69, 9.17) is 0 Å². The van der Waals surface area contributed by atoms with Gasteiger partial charge in [0.15, 0.2) is 8.68 Å². The topological polar surface area (TPSA) is 71.5 Å². The second-order valence-electron chi connectivity index (χ2n) is 6.84. The van der Waals surface area contributed by atoms with Gasteiger partial charge in [-0.25, -0.2) is 4.98 Å². The number of nitrogens with zero attached hydrogens (tertiary/aromatic N) is 3. The van der Waals surface area contributed by atoms with Gasteiger partial charge in [0.25, 0.3) is 5.56 Å². The van der Waals surface area contributed by atoms with Crippen LogP contribution >= 0.6 is 34.9 Å². The van der Waals surface area contributed by atoms with Gasteiger partial charge in [0.2, 0.25) is 0 Å². The lowest BCUT2D eigenvalue weighted by Crippen LogP contribution is -2.11. The Morgan fingerprint density at radius 3 is 2.38 bits per heavy atom. The summed E-state index contributed by atoms with van der Waals surface area (Å²) in [6, 6.07) is 16.1. The van der Waals surface area contributed by atoms with Gasteiger partial charge in [0.05, 0.1) is 16.7 Å². The number of nitrogens with one attached hydrogen (secondary N) is 1. The van der Waals surface area contributed by atoms with Gasteiger partial charge < -0.3 is 4.98 Å². The second kappa shape index (κ2) is 9.11. The minimum absolute atomic E-state index is 0.108. The molecule has 0 spiro atoms. The molecule has 1 N–H and O–H groups in total. The van der Waals surface area contributed by atoms with E-state index >= 15 is 0 Å². The van der Waals surface area contributed by atoms with E-state index in [1.165, 1.54) is 22.9 Å². The van der Waals surface area contributed by atoms with Crippen LogP contribution < -0.4 is 5.56 Å². The fourth-order valence-electron chi connectivity index (χ4n) is 2.79. The molecular formula is C21H20N4OS3. The van der Waals surface area contributed by atoms with Crippen LogP contribution in [-0.4, -0.2) is 20.2 Å². The van der Waals surface area contributed by atoms with Crippen LogP contribution in [0.5, 0.6) is 0 Å². The lowest BCUT2D eigenvalue weighted by Gasteiger charge is -2.05. The molecule has 0 radical (unpaired) electrons. The van der Waals surface area contributed by atoms with Crippen molar-refractivity contribution in [3.05, 3.63) is 75.8 Å². The van der Waals surface area contributed by atoms with Gasteiger partial charge in [-0.3, -0.25) is 4.79 Å². The SMILES string of the molecule is CC(C)c1ccc(CSc2nnc(SCc3nc4ccccc4c(=O)[nH]3)s2)cc1. The molecule has 0 aliphatic heterocycles. The first-order chi connectivity index (χ1) is 14.1. The summed E-state index contributed by atoms with van der Waals surface area (Å²) in [6.07, 6.45) is 0. The molecule has 0 bridgehead atoms. The van der Waals surface area contributed by atoms with Crippen LogP contribution in [0.4, 0.5) is 0 Å². The first kappa shape index (κ1) is 20.1. The van der Waals surface area contributed by atoms with Gasteiger partial charge in [0, 0.05) is 5.75 Å². The van der Waals surface area contributed by atoms with Gasteiger partial charge in [0.1, 0.15) is 5.82 Å². The normalized spacial score (nSPS) is 11.4. The van der Waals surface area contributed by atoms with Gasteiger partial charge in [-0.2, -0.15) is 0 Å². The van der Waals surface area contributed by atoms with Crippen molar-refractivity contribution >= 4 is 45.8 Å². The minimum atomic E-state index is -0.108. The third kappa shape index (κ3) is 5.07. The van der Waals surface area contributed by atoms with E-state index in [9.17, 15) is 4.79 Å². The Balaban J connectivity index is 1.35. The summed E-state index contributed by atoms with van der Waals surface area (Å²) in [5.74, 6) is 2.62. The number of para-hydroxylation sites is 1. The molecule has 2 heterocycles. The molecule has 5 nitrogen and oxygen atoms in total. The molecule has 0 amide bonds. The van der Waals surface area contributed by atoms with Crippen molar-refractivity contribution in [3.63, 3.8) is 0 Å². The number of hydrogen-bond acceptors (Lipinski definition) is 7. The Morgan fingerprint density at radius 1 is 0.966 bits per heavy atom. The molecule has 0 saturated heterocycles. The zero-order valence-electron chi connectivity index (χ0n) is 16.1. The highest BCUT2D eigenvalue weighted by atomic mass is 32.2. The second-order valence-corrected chi connectivity index (χ2v) is 10.3. The van der Waals surface area contributed by atoms with Crippen molar-refractivity contribution in [1.82, 2.24) is 20.2 Å². The van der Waals surface area contributed by atoms with Crippen molar-refractivity contribution in [2.24, 2.45) is 0 Å². The fraction of sp³-hybridized carbons (Fsp3) is 0.238. The smallest absolute Gasteiger partial charge is 0.258 e. The van der Waals surface area contributed by atoms with Crippen LogP contribution in [0.2, 0.25) is 0 Å². The first-order valence-electron chi connectivity index (χ1n) is 9.24. The number of benzene rings is 2. The lowest BCUT2D eigenvalue weighted by molar-refractivity contribution is 0.866. The Labute approximate surface area is 181 Å². The van der Waals surface area contributed by atoms with Crippen LogP contribution in [0.25, 0.3) is 10.9 Å². The van der Waals surface area contributed by atoms with Gasteiger partial charge in [-0.15, -0.1) is 10.2 Å². The predicted molar refractivity (Wildman–Crippen MR) is 122 cm³/mol. The highest BCUT2D eigenvalue weighted by Gasteiger charge is 2.09. The number of rotatable bonds is 7. The molecule has 0 saturated carbocycles. The Kier molecular flexibility index (Phi) is 6.32. The van der Waals surface area contributed by atoms with Crippen LogP contribution in [0.15, 0.2) is 62.0 Å². The molecule has 0 fully saturated rings. The summed E-state index contributed by atoms with van der Waals surface area (Å²) >= 11 is 4.80. The number of aromatic nitrogens is 4. The monoisotopic (exact) mass is 440 g/mol. The molecule has 0 atom stereocenters. The van der Waals surface area contributed by atoms with E-state index in [0.29, 0.717) is 28.4 Å². The molecule has 29 heavy (non-hydrogen) atoms. The molecule has 148 valence electrons. The highest BCUT2D eigenvalue weighted by Crippen LogP contribution is 2.32. The largest absolute Gasteiger partial charge is 0.309 e. The molecular weight excluding hydrogens is 420 g/mol. The van der Waals surface area contributed by atoms with E-state index in [0.717, 1.165) is 14.4 Å². The molecule has 4 rings (SSSR count). The molecule has 4 aromatic rings. The number of hydrogen-bond donors (Lipinski definition) is 1. The van der Waals surface area contributed by atoms with Crippen molar-refractivity contribution in [2.75, 3.05) is 0 Å². The maximum Gasteiger partial charge on any atom is 0.258 e. The minimum Gasteiger partial charge on any atom is -0.309 e. The zero-order chi connectivity index (χ0) is 20.2. The highest BCUT2D eigenvalue weighted by molar-refractivity contribution is 8.02. The molecule has 2 aromatic heterocycles. The third-order valence-electron chi connectivity index (χ3n) is 4.39. The van der Waals surface area contributed by atoms with Crippen LogP contribution in [0, 0.1) is 0 Å². The number of aromatic amines is 1. The number of fused-ring (bicyclic) bond motifs is 1. The van der Waals surface area contributed by atoms with Crippen LogP contribution in [0.3, 0.4) is 0 Å². The van der Waals surface area contributed by atoms with Crippen LogP contribution in [0.1, 0.15) is 36.7 Å². The average molecular weight is 441 g/mol. The van der Waals surface area contributed by atoms with Gasteiger partial charge >= 0.3 is 0 Å².